The van der Waals surface area contributed by atoms with Crippen LogP contribution in [0.1, 0.15) is 28.2 Å². The van der Waals surface area contributed by atoms with Crippen molar-refractivity contribution in [2.75, 3.05) is 4.90 Å². The van der Waals surface area contributed by atoms with Crippen LogP contribution in [0.4, 0.5) is 22.7 Å². The van der Waals surface area contributed by atoms with E-state index in [1.807, 2.05) is 48.5 Å². The molecule has 8 rings (SSSR count). The van der Waals surface area contributed by atoms with Crippen LogP contribution in [0, 0.1) is 32.1 Å². The van der Waals surface area contributed by atoms with Crippen LogP contribution >= 0.6 is 0 Å². The maximum Gasteiger partial charge on any atom is 0.293 e. The molecule has 2 atom stereocenters. The SMILES string of the molecule is O=C1[C@@H]2C3c4ccccc4C(C=Nc4cccc([N+](=O)[O-])c4)(c4ccccc43)[C@H]2C(=O)N1c1ccccc1[N+](=O)[O-]. The van der Waals surface area contributed by atoms with Gasteiger partial charge < -0.3 is 0 Å². The van der Waals surface area contributed by atoms with Crippen molar-refractivity contribution in [3.8, 4) is 0 Å². The summed E-state index contributed by atoms with van der Waals surface area (Å²) in [6.07, 6.45) is 1.63. The fourth-order valence-corrected chi connectivity index (χ4v) is 6.96. The fraction of sp³-hybridized carbons (Fsp3) is 0.129. The van der Waals surface area contributed by atoms with E-state index in [9.17, 15) is 29.8 Å². The second kappa shape index (κ2) is 8.75. The Labute approximate surface area is 232 Å². The number of hydrogen-bond donors (Lipinski definition) is 0. The number of amides is 2. The number of hydrogen-bond acceptors (Lipinski definition) is 7. The number of carbonyl (C=O) groups is 2. The number of nitro groups is 2. The van der Waals surface area contributed by atoms with E-state index in [2.05, 4.69) is 4.99 Å². The van der Waals surface area contributed by atoms with Crippen molar-refractivity contribution in [2.24, 2.45) is 16.8 Å². The van der Waals surface area contributed by atoms with Gasteiger partial charge in [0.2, 0.25) is 11.8 Å². The van der Waals surface area contributed by atoms with Crippen LogP contribution in [0.3, 0.4) is 0 Å². The van der Waals surface area contributed by atoms with Crippen molar-refractivity contribution in [1.82, 2.24) is 0 Å². The zero-order valence-corrected chi connectivity index (χ0v) is 21.3. The van der Waals surface area contributed by atoms with Crippen molar-refractivity contribution < 1.29 is 19.4 Å². The topological polar surface area (TPSA) is 136 Å². The summed E-state index contributed by atoms with van der Waals surface area (Å²) in [5, 5.41) is 23.3. The molecular formula is C31H20N4O6. The van der Waals surface area contributed by atoms with Gasteiger partial charge in [-0.15, -0.1) is 0 Å². The summed E-state index contributed by atoms with van der Waals surface area (Å²) in [4.78, 5) is 56.5. The van der Waals surface area contributed by atoms with Crippen molar-refractivity contribution in [1.29, 1.82) is 0 Å². The largest absolute Gasteiger partial charge is 0.293 e. The van der Waals surface area contributed by atoms with E-state index in [0.717, 1.165) is 27.2 Å². The number of para-hydroxylation sites is 2. The van der Waals surface area contributed by atoms with E-state index in [-0.39, 0.29) is 17.1 Å². The van der Waals surface area contributed by atoms with Crippen molar-refractivity contribution in [2.45, 2.75) is 11.3 Å². The summed E-state index contributed by atoms with van der Waals surface area (Å²) in [7, 11) is 0. The molecule has 4 aromatic carbocycles. The van der Waals surface area contributed by atoms with Crippen LogP contribution < -0.4 is 4.90 Å². The van der Waals surface area contributed by atoms with Crippen LogP contribution in [0.2, 0.25) is 0 Å². The molecule has 200 valence electrons. The summed E-state index contributed by atoms with van der Waals surface area (Å²) in [5.74, 6) is -3.26. The molecule has 0 N–H and O–H groups in total. The minimum Gasteiger partial charge on any atom is -0.274 e. The van der Waals surface area contributed by atoms with Gasteiger partial charge in [-0.1, -0.05) is 66.7 Å². The molecule has 41 heavy (non-hydrogen) atoms. The van der Waals surface area contributed by atoms with Gasteiger partial charge in [0, 0.05) is 30.3 Å². The number of aliphatic imine (C=N–C) groups is 1. The molecule has 0 unspecified atom stereocenters. The summed E-state index contributed by atoms with van der Waals surface area (Å²) in [5.41, 5.74) is 1.96. The lowest BCUT2D eigenvalue weighted by atomic mass is 9.47. The Morgan fingerprint density at radius 1 is 0.756 bits per heavy atom. The number of benzene rings is 4. The molecule has 4 aromatic rings. The van der Waals surface area contributed by atoms with Gasteiger partial charge in [-0.3, -0.25) is 34.8 Å². The Morgan fingerprint density at radius 2 is 1.39 bits per heavy atom. The molecule has 1 fully saturated rings. The lowest BCUT2D eigenvalue weighted by Crippen LogP contribution is -2.54. The molecule has 10 nitrogen and oxygen atoms in total. The average Bonchev–Trinajstić information content (AvgIpc) is 3.26. The first-order valence-electron chi connectivity index (χ1n) is 12.9. The first kappa shape index (κ1) is 24.5. The Balaban J connectivity index is 1.49. The minimum absolute atomic E-state index is 0.0693. The lowest BCUT2D eigenvalue weighted by Gasteiger charge is -2.52. The van der Waals surface area contributed by atoms with Crippen LogP contribution in [0.15, 0.2) is 102 Å². The standard InChI is InChI=1S/C31H20N4O6/c36-29-27-26-20-10-1-3-12-22(20)31(23-13-4-2-11-21(23)26,17-32-18-8-7-9-19(16-18)34(38)39)28(27)30(37)33(29)24-14-5-6-15-25(24)35(40)41/h1-17,26-28H/t26?,27-,28-,31?/m1/s1. The first-order chi connectivity index (χ1) is 19.8. The van der Waals surface area contributed by atoms with Gasteiger partial charge >= 0.3 is 0 Å². The normalized spacial score (nSPS) is 23.8. The summed E-state index contributed by atoms with van der Waals surface area (Å²) in [6, 6.07) is 26.8. The molecule has 0 aromatic heterocycles. The second-order valence-corrected chi connectivity index (χ2v) is 10.3. The molecule has 3 aliphatic carbocycles. The molecule has 0 radical (unpaired) electrons. The predicted octanol–water partition coefficient (Wildman–Crippen LogP) is 5.46. The summed E-state index contributed by atoms with van der Waals surface area (Å²) in [6.45, 7) is 0. The molecule has 0 spiro atoms. The molecule has 0 saturated carbocycles. The van der Waals surface area contributed by atoms with E-state index in [4.69, 9.17) is 0 Å². The highest BCUT2D eigenvalue weighted by molar-refractivity contribution is 6.25. The number of nitro benzene ring substituents is 2. The number of anilines is 1. The molecule has 1 aliphatic heterocycles. The number of imide groups is 1. The van der Waals surface area contributed by atoms with Gasteiger partial charge in [0.1, 0.15) is 5.69 Å². The van der Waals surface area contributed by atoms with Gasteiger partial charge in [-0.05, 0) is 34.4 Å². The minimum atomic E-state index is -1.21. The number of rotatable bonds is 5. The fourth-order valence-electron chi connectivity index (χ4n) is 6.96. The third kappa shape index (κ3) is 3.27. The van der Waals surface area contributed by atoms with Gasteiger partial charge in [0.05, 0.1) is 32.8 Å². The highest BCUT2D eigenvalue weighted by Crippen LogP contribution is 2.64. The first-order valence-corrected chi connectivity index (χ1v) is 12.9. The maximum atomic E-state index is 14.4. The zero-order chi connectivity index (χ0) is 28.5. The van der Waals surface area contributed by atoms with E-state index >= 15 is 0 Å². The third-order valence-corrected chi connectivity index (χ3v) is 8.46. The van der Waals surface area contributed by atoms with Crippen molar-refractivity contribution in [3.05, 3.63) is 140 Å². The molecule has 10 heteroatoms. The molecule has 2 amide bonds. The van der Waals surface area contributed by atoms with Crippen LogP contribution in [0.5, 0.6) is 0 Å². The highest BCUT2D eigenvalue weighted by Gasteiger charge is 2.68. The number of carbonyl (C=O) groups excluding carboxylic acids is 2. The van der Waals surface area contributed by atoms with Gasteiger partial charge in [-0.2, -0.15) is 0 Å². The summed E-state index contributed by atoms with van der Waals surface area (Å²) < 4.78 is 0. The predicted molar refractivity (Wildman–Crippen MR) is 149 cm³/mol. The average molecular weight is 545 g/mol. The Bertz CT molecular complexity index is 1800. The van der Waals surface area contributed by atoms with Crippen LogP contribution in [0.25, 0.3) is 0 Å². The molecular weight excluding hydrogens is 524 g/mol. The highest BCUT2D eigenvalue weighted by atomic mass is 16.6. The number of nitrogens with zero attached hydrogens (tertiary/aromatic N) is 4. The second-order valence-electron chi connectivity index (χ2n) is 10.3. The van der Waals surface area contributed by atoms with Gasteiger partial charge in [0.25, 0.3) is 11.4 Å². The van der Waals surface area contributed by atoms with Crippen LogP contribution in [-0.2, 0) is 15.0 Å². The number of non-ortho nitro benzene ring substituents is 1. The van der Waals surface area contributed by atoms with Crippen molar-refractivity contribution >= 4 is 40.8 Å². The molecule has 1 saturated heterocycles. The Kier molecular flexibility index (Phi) is 5.23. The zero-order valence-electron chi connectivity index (χ0n) is 21.3. The third-order valence-electron chi connectivity index (χ3n) is 8.46. The van der Waals surface area contributed by atoms with E-state index < -0.39 is 44.8 Å². The van der Waals surface area contributed by atoms with Crippen LogP contribution in [-0.4, -0.2) is 27.9 Å². The lowest BCUT2D eigenvalue weighted by molar-refractivity contribution is -0.384. The van der Waals surface area contributed by atoms with E-state index in [1.54, 1.807) is 18.3 Å². The Morgan fingerprint density at radius 3 is 2.05 bits per heavy atom. The monoisotopic (exact) mass is 544 g/mol. The molecule has 2 bridgehead atoms. The smallest absolute Gasteiger partial charge is 0.274 e. The van der Waals surface area contributed by atoms with Crippen molar-refractivity contribution in [3.63, 3.8) is 0 Å². The van der Waals surface area contributed by atoms with E-state index in [1.165, 1.54) is 36.4 Å². The summed E-state index contributed by atoms with van der Waals surface area (Å²) >= 11 is 0. The van der Waals surface area contributed by atoms with E-state index in [0.29, 0.717) is 5.69 Å². The quantitative estimate of drug-likeness (QED) is 0.142. The molecule has 4 aliphatic rings. The van der Waals surface area contributed by atoms with Gasteiger partial charge in [0.15, 0.2) is 0 Å². The molecule has 1 heterocycles. The van der Waals surface area contributed by atoms with Gasteiger partial charge in [-0.25, -0.2) is 4.90 Å². The maximum absolute atomic E-state index is 14.4. The Hall–Kier alpha value is -5.51.